The number of aryl methyl sites for hydroxylation is 2. The Hall–Kier alpha value is -4.06. The van der Waals surface area contributed by atoms with E-state index in [-0.39, 0.29) is 42.0 Å². The number of sulfonamides is 1. The van der Waals surface area contributed by atoms with Gasteiger partial charge in [-0.1, -0.05) is 32.0 Å². The van der Waals surface area contributed by atoms with Gasteiger partial charge in [-0.05, 0) is 43.5 Å². The fourth-order valence-electron chi connectivity index (χ4n) is 3.84. The minimum atomic E-state index is -4.61. The first-order valence-electron chi connectivity index (χ1n) is 13.8. The Kier molecular flexibility index (Phi) is 14.6. The van der Waals surface area contributed by atoms with E-state index >= 15 is 0 Å². The number of nitrogens with zero attached hydrogens (tertiary/aromatic N) is 4. The lowest BCUT2D eigenvalue weighted by atomic mass is 10.0. The highest BCUT2D eigenvalue weighted by atomic mass is 35.5. The topological polar surface area (TPSA) is 196 Å². The molecule has 0 aliphatic rings. The van der Waals surface area contributed by atoms with Crippen LogP contribution in [-0.4, -0.2) is 82.9 Å². The van der Waals surface area contributed by atoms with E-state index < -0.39 is 35.8 Å². The molecule has 0 aliphatic heterocycles. The first-order valence-corrected chi connectivity index (χ1v) is 17.5. The molecule has 3 amide bonds. The molecule has 2 aromatic heterocycles. The van der Waals surface area contributed by atoms with Gasteiger partial charge >= 0.3 is 6.03 Å². The number of hydrogen-bond donors (Lipinski definition) is 2. The van der Waals surface area contributed by atoms with Gasteiger partial charge in [0.25, 0.3) is 10.0 Å². The van der Waals surface area contributed by atoms with Gasteiger partial charge in [0.05, 0.1) is 31.7 Å². The number of carbonyl (C=O) groups is 2. The van der Waals surface area contributed by atoms with Crippen LogP contribution in [0.15, 0.2) is 52.5 Å². The SMILES string of the molecule is CCOCN(C(=O)CCl)c1c(C)cccc1CC.CCS(=O)(=O)c1cccnc1S(=O)(=O)NC(=O)Nc1nc(OC)cc(OC)n1. The summed E-state index contributed by atoms with van der Waals surface area (Å²) in [7, 11) is -5.85. The van der Waals surface area contributed by atoms with Crippen LogP contribution in [0, 0.1) is 6.92 Å². The minimum absolute atomic E-state index is 0.0371. The van der Waals surface area contributed by atoms with Crippen LogP contribution in [-0.2, 0) is 35.8 Å². The van der Waals surface area contributed by atoms with Crippen LogP contribution in [0.2, 0.25) is 0 Å². The van der Waals surface area contributed by atoms with Crippen LogP contribution in [0.4, 0.5) is 16.4 Å². The van der Waals surface area contributed by atoms with Crippen molar-refractivity contribution < 1.29 is 40.6 Å². The highest BCUT2D eigenvalue weighted by molar-refractivity contribution is 7.93. The monoisotopic (exact) mass is 700 g/mol. The number of aromatic nitrogens is 3. The van der Waals surface area contributed by atoms with Crippen molar-refractivity contribution in [1.82, 2.24) is 19.7 Å². The summed E-state index contributed by atoms with van der Waals surface area (Å²) in [6.07, 6.45) is 1.96. The summed E-state index contributed by atoms with van der Waals surface area (Å²) in [5, 5.41) is 1.31. The number of halogens is 1. The third kappa shape index (κ3) is 10.2. The maximum absolute atomic E-state index is 12.5. The van der Waals surface area contributed by atoms with Crippen molar-refractivity contribution in [2.24, 2.45) is 0 Å². The van der Waals surface area contributed by atoms with Crippen LogP contribution in [0.25, 0.3) is 0 Å². The molecule has 0 saturated heterocycles. The lowest BCUT2D eigenvalue weighted by Crippen LogP contribution is -2.36. The van der Waals surface area contributed by atoms with Gasteiger partial charge in [-0.15, -0.1) is 11.6 Å². The van der Waals surface area contributed by atoms with E-state index in [1.165, 1.54) is 33.3 Å². The summed E-state index contributed by atoms with van der Waals surface area (Å²) in [6, 6.07) is 8.50. The molecule has 0 unspecified atom stereocenters. The number of sulfone groups is 1. The van der Waals surface area contributed by atoms with Gasteiger partial charge in [0, 0.05) is 12.8 Å². The Balaban J connectivity index is 0.000000353. The second-order valence-electron chi connectivity index (χ2n) is 9.06. The van der Waals surface area contributed by atoms with Gasteiger partial charge in [-0.3, -0.25) is 15.0 Å². The molecule has 0 aliphatic carbocycles. The van der Waals surface area contributed by atoms with Gasteiger partial charge in [0.15, 0.2) is 14.9 Å². The smallest absolute Gasteiger partial charge is 0.335 e. The van der Waals surface area contributed by atoms with Crippen LogP contribution in [0.1, 0.15) is 31.9 Å². The van der Waals surface area contributed by atoms with Gasteiger partial charge in [0.1, 0.15) is 17.5 Å². The van der Waals surface area contributed by atoms with Crippen molar-refractivity contribution in [2.75, 3.05) is 49.4 Å². The molecule has 15 nitrogen and oxygen atoms in total. The van der Waals surface area contributed by atoms with Crippen LogP contribution < -0.4 is 24.4 Å². The first kappa shape index (κ1) is 38.1. The van der Waals surface area contributed by atoms with Crippen molar-refractivity contribution in [3.63, 3.8) is 0 Å². The number of ether oxygens (including phenoxy) is 3. The molecule has 0 bridgehead atoms. The maximum Gasteiger partial charge on any atom is 0.335 e. The summed E-state index contributed by atoms with van der Waals surface area (Å²) in [5.74, 6) is -0.687. The zero-order chi connectivity index (χ0) is 34.5. The molecule has 2 heterocycles. The second-order valence-corrected chi connectivity index (χ2v) is 13.2. The Morgan fingerprint density at radius 3 is 2.17 bits per heavy atom. The summed E-state index contributed by atoms with van der Waals surface area (Å²) >= 11 is 5.68. The number of para-hydroxylation sites is 1. The van der Waals surface area contributed by atoms with Crippen molar-refractivity contribution in [3.05, 3.63) is 53.7 Å². The van der Waals surface area contributed by atoms with E-state index in [1.807, 2.05) is 32.0 Å². The zero-order valence-electron chi connectivity index (χ0n) is 26.2. The van der Waals surface area contributed by atoms with E-state index in [2.05, 4.69) is 27.2 Å². The summed E-state index contributed by atoms with van der Waals surface area (Å²) in [5.41, 5.74) is 3.12. The Bertz CT molecular complexity index is 1700. The molecular formula is C28H37ClN6O9S2. The Morgan fingerprint density at radius 1 is 0.978 bits per heavy atom. The van der Waals surface area contributed by atoms with Crippen LogP contribution in [0.3, 0.4) is 0 Å². The standard InChI is InChI=1S/C14H20ClNO2.C14H17N5O7S2/c1-4-12-8-6-7-11(3)14(12)16(10-18-5-2)13(17)9-15;1-4-27(21,22)9-6-5-7-15-12(9)28(23,24)19-14(20)18-13-16-10(25-2)8-11(17-13)26-3/h6-8H,4-5,9-10H2,1-3H3;5-8H,4H2,1-3H3,(H2,16,17,18,19,20). The quantitative estimate of drug-likeness (QED) is 0.195. The molecule has 0 fully saturated rings. The lowest BCUT2D eigenvalue weighted by molar-refractivity contribution is -0.117. The number of methoxy groups -OCH3 is 2. The summed E-state index contributed by atoms with van der Waals surface area (Å²) in [6.45, 7) is 8.14. The number of amides is 3. The molecule has 0 spiro atoms. The van der Waals surface area contributed by atoms with E-state index in [4.69, 9.17) is 25.8 Å². The molecular weight excluding hydrogens is 664 g/mol. The number of anilines is 2. The normalized spacial score (nSPS) is 11.1. The number of alkyl halides is 1. The number of rotatable bonds is 13. The molecule has 0 saturated carbocycles. The largest absolute Gasteiger partial charge is 0.481 e. The number of benzene rings is 1. The van der Waals surface area contributed by atoms with E-state index in [1.54, 1.807) is 9.62 Å². The number of urea groups is 1. The molecule has 2 N–H and O–H groups in total. The van der Waals surface area contributed by atoms with Gasteiger partial charge < -0.3 is 14.2 Å². The molecule has 46 heavy (non-hydrogen) atoms. The molecule has 3 rings (SSSR count). The predicted molar refractivity (Wildman–Crippen MR) is 172 cm³/mol. The number of nitrogens with one attached hydrogen (secondary N) is 2. The average Bonchev–Trinajstić information content (AvgIpc) is 3.04. The van der Waals surface area contributed by atoms with Crippen molar-refractivity contribution >= 4 is 55.0 Å². The van der Waals surface area contributed by atoms with E-state index in [0.29, 0.717) is 6.61 Å². The van der Waals surface area contributed by atoms with Crippen molar-refractivity contribution in [3.8, 4) is 11.8 Å². The predicted octanol–water partition coefficient (Wildman–Crippen LogP) is 3.32. The minimum Gasteiger partial charge on any atom is -0.481 e. The molecule has 0 atom stereocenters. The van der Waals surface area contributed by atoms with Crippen LogP contribution in [0.5, 0.6) is 11.8 Å². The molecule has 1 aromatic carbocycles. The number of pyridine rings is 1. The molecule has 18 heteroatoms. The molecule has 0 radical (unpaired) electrons. The van der Waals surface area contributed by atoms with Crippen LogP contribution >= 0.6 is 11.6 Å². The molecule has 3 aromatic rings. The Morgan fingerprint density at radius 2 is 1.63 bits per heavy atom. The fraction of sp³-hybridized carbons (Fsp3) is 0.393. The van der Waals surface area contributed by atoms with E-state index in [0.717, 1.165) is 35.5 Å². The summed E-state index contributed by atoms with van der Waals surface area (Å²) in [4.78, 5) is 36.4. The van der Waals surface area contributed by atoms with E-state index in [9.17, 15) is 26.4 Å². The van der Waals surface area contributed by atoms with Gasteiger partial charge in [0.2, 0.25) is 23.6 Å². The third-order valence-electron chi connectivity index (χ3n) is 6.07. The summed E-state index contributed by atoms with van der Waals surface area (Å²) < 4.78 is 66.0. The third-order valence-corrected chi connectivity index (χ3v) is 9.47. The number of carbonyl (C=O) groups excluding carboxylic acids is 2. The lowest BCUT2D eigenvalue weighted by Gasteiger charge is -2.25. The first-order chi connectivity index (χ1) is 21.8. The average molecular weight is 701 g/mol. The maximum atomic E-state index is 12.5. The molecule has 252 valence electrons. The van der Waals surface area contributed by atoms with Gasteiger partial charge in [-0.2, -0.15) is 18.4 Å². The van der Waals surface area contributed by atoms with Crippen molar-refractivity contribution in [2.45, 2.75) is 44.0 Å². The van der Waals surface area contributed by atoms with Gasteiger partial charge in [-0.25, -0.2) is 22.9 Å². The number of hydrogen-bond acceptors (Lipinski definition) is 12. The zero-order valence-corrected chi connectivity index (χ0v) is 28.6. The van der Waals surface area contributed by atoms with Crippen molar-refractivity contribution in [1.29, 1.82) is 0 Å². The second kappa shape index (κ2) is 17.6. The fourth-order valence-corrected chi connectivity index (χ4v) is 6.54. The highest BCUT2D eigenvalue weighted by Crippen LogP contribution is 2.26. The highest BCUT2D eigenvalue weighted by Gasteiger charge is 2.29. The Labute approximate surface area is 273 Å².